The summed E-state index contributed by atoms with van der Waals surface area (Å²) < 4.78 is 0. The molecule has 0 amide bonds. The smallest absolute Gasteiger partial charge is 0.140 e. The van der Waals surface area contributed by atoms with E-state index in [9.17, 15) is 4.79 Å². The van der Waals surface area contributed by atoms with Gasteiger partial charge >= 0.3 is 0 Å². The Labute approximate surface area is 122 Å². The van der Waals surface area contributed by atoms with E-state index in [1.54, 1.807) is 0 Å². The predicted octanol–water partition coefficient (Wildman–Crippen LogP) is 5.21. The summed E-state index contributed by atoms with van der Waals surface area (Å²) in [5.74, 6) is 2.37. The van der Waals surface area contributed by atoms with Gasteiger partial charge in [-0.3, -0.25) is 4.79 Å². The fourth-order valence-electron chi connectivity index (χ4n) is 3.95. The molecule has 1 nitrogen and oxygen atoms in total. The second-order valence-electron chi connectivity index (χ2n) is 6.73. The average molecular weight is 270 g/mol. The molecular formula is C19H26O. The molecule has 0 heterocycles. The number of hydrogen-bond acceptors (Lipinski definition) is 1. The van der Waals surface area contributed by atoms with E-state index >= 15 is 0 Å². The lowest BCUT2D eigenvalue weighted by atomic mass is 9.75. The normalized spacial score (nSPS) is 30.1. The van der Waals surface area contributed by atoms with Crippen molar-refractivity contribution in [1.29, 1.82) is 0 Å². The molecule has 2 aliphatic rings. The molecule has 1 aromatic rings. The molecular weight excluding hydrogens is 244 g/mol. The fourth-order valence-corrected chi connectivity index (χ4v) is 3.95. The Morgan fingerprint density at radius 2 is 1.60 bits per heavy atom. The van der Waals surface area contributed by atoms with Crippen LogP contribution in [0.3, 0.4) is 0 Å². The zero-order valence-electron chi connectivity index (χ0n) is 12.6. The van der Waals surface area contributed by atoms with Gasteiger partial charge in [-0.1, -0.05) is 44.0 Å². The largest absolute Gasteiger partial charge is 0.299 e. The summed E-state index contributed by atoms with van der Waals surface area (Å²) in [6, 6.07) is 8.97. The number of Topliss-reactive ketones (excluding diaryl/α,β-unsaturated/α-hetero) is 1. The van der Waals surface area contributed by atoms with Crippen molar-refractivity contribution in [1.82, 2.24) is 0 Å². The first-order valence-corrected chi connectivity index (χ1v) is 8.40. The first kappa shape index (κ1) is 13.9. The minimum absolute atomic E-state index is 0.212. The SMILES string of the molecule is CCCC1CCC(c2ccc(C3CCC3=O)cc2)CC1. The number of benzene rings is 1. The lowest BCUT2D eigenvalue weighted by molar-refractivity contribution is -0.125. The van der Waals surface area contributed by atoms with Crippen LogP contribution in [0.4, 0.5) is 0 Å². The van der Waals surface area contributed by atoms with Crippen LogP contribution < -0.4 is 0 Å². The van der Waals surface area contributed by atoms with Crippen molar-refractivity contribution in [2.24, 2.45) is 5.92 Å². The Morgan fingerprint density at radius 1 is 0.950 bits per heavy atom. The Hall–Kier alpha value is -1.11. The highest BCUT2D eigenvalue weighted by Crippen LogP contribution is 2.39. The van der Waals surface area contributed by atoms with Crippen LogP contribution in [0.2, 0.25) is 0 Å². The van der Waals surface area contributed by atoms with Gasteiger partial charge in [-0.05, 0) is 55.1 Å². The summed E-state index contributed by atoms with van der Waals surface area (Å²) in [5.41, 5.74) is 2.74. The third-order valence-corrected chi connectivity index (χ3v) is 5.42. The van der Waals surface area contributed by atoms with Crippen molar-refractivity contribution in [3.63, 3.8) is 0 Å². The van der Waals surface area contributed by atoms with Crippen LogP contribution in [0.1, 0.15) is 81.3 Å². The molecule has 1 heteroatoms. The number of rotatable bonds is 4. The molecule has 0 bridgehead atoms. The highest BCUT2D eigenvalue weighted by atomic mass is 16.1. The van der Waals surface area contributed by atoms with Crippen molar-refractivity contribution >= 4 is 5.78 Å². The van der Waals surface area contributed by atoms with Crippen molar-refractivity contribution in [2.45, 2.75) is 70.1 Å². The molecule has 0 aliphatic heterocycles. The van der Waals surface area contributed by atoms with E-state index < -0.39 is 0 Å². The lowest BCUT2D eigenvalue weighted by Crippen LogP contribution is -2.23. The molecule has 3 rings (SSSR count). The predicted molar refractivity (Wildman–Crippen MR) is 83.0 cm³/mol. The molecule has 2 saturated carbocycles. The average Bonchev–Trinajstić information content (AvgIpc) is 2.48. The first-order valence-electron chi connectivity index (χ1n) is 8.40. The second-order valence-corrected chi connectivity index (χ2v) is 6.73. The molecule has 0 spiro atoms. The second kappa shape index (κ2) is 6.11. The van der Waals surface area contributed by atoms with Crippen molar-refractivity contribution in [2.75, 3.05) is 0 Å². The molecule has 0 aromatic heterocycles. The zero-order valence-corrected chi connectivity index (χ0v) is 12.6. The zero-order chi connectivity index (χ0) is 13.9. The van der Waals surface area contributed by atoms with Crippen LogP contribution in [-0.2, 0) is 4.79 Å². The van der Waals surface area contributed by atoms with Gasteiger partial charge in [-0.25, -0.2) is 0 Å². The van der Waals surface area contributed by atoms with Gasteiger partial charge in [0.1, 0.15) is 5.78 Å². The summed E-state index contributed by atoms with van der Waals surface area (Å²) in [6.45, 7) is 2.30. The number of ketones is 1. The molecule has 1 unspecified atom stereocenters. The molecule has 20 heavy (non-hydrogen) atoms. The maximum absolute atomic E-state index is 11.5. The van der Waals surface area contributed by atoms with E-state index in [4.69, 9.17) is 0 Å². The summed E-state index contributed by atoms with van der Waals surface area (Å²) in [5, 5.41) is 0. The molecule has 1 aromatic carbocycles. The van der Waals surface area contributed by atoms with Gasteiger partial charge in [-0.2, -0.15) is 0 Å². The molecule has 1 atom stereocenters. The molecule has 2 fully saturated rings. The minimum Gasteiger partial charge on any atom is -0.299 e. The van der Waals surface area contributed by atoms with E-state index in [2.05, 4.69) is 31.2 Å². The maximum atomic E-state index is 11.5. The van der Waals surface area contributed by atoms with Crippen LogP contribution in [0.25, 0.3) is 0 Å². The Balaban J connectivity index is 1.59. The first-order chi connectivity index (χ1) is 9.78. The minimum atomic E-state index is 0.212. The Morgan fingerprint density at radius 3 is 2.10 bits per heavy atom. The lowest BCUT2D eigenvalue weighted by Gasteiger charge is -2.29. The van der Waals surface area contributed by atoms with Crippen molar-refractivity contribution in [3.05, 3.63) is 35.4 Å². The van der Waals surface area contributed by atoms with E-state index in [0.29, 0.717) is 5.78 Å². The maximum Gasteiger partial charge on any atom is 0.140 e. The van der Waals surface area contributed by atoms with E-state index in [1.807, 2.05) is 0 Å². The molecule has 0 saturated heterocycles. The van der Waals surface area contributed by atoms with E-state index in [0.717, 1.165) is 24.7 Å². The van der Waals surface area contributed by atoms with Gasteiger partial charge in [-0.15, -0.1) is 0 Å². The Bertz CT molecular complexity index is 451. The standard InChI is InChI=1S/C19H26O/c1-2-3-14-4-6-15(7-5-14)16-8-10-17(11-9-16)18-12-13-19(18)20/h8-11,14-15,18H,2-7,12-13H2,1H3. The molecule has 108 valence electrons. The number of carbonyl (C=O) groups excluding carboxylic acids is 1. The van der Waals surface area contributed by atoms with Gasteiger partial charge < -0.3 is 0 Å². The van der Waals surface area contributed by atoms with Gasteiger partial charge in [0.05, 0.1) is 0 Å². The van der Waals surface area contributed by atoms with Crippen LogP contribution in [0, 0.1) is 5.92 Å². The topological polar surface area (TPSA) is 17.1 Å². The summed E-state index contributed by atoms with van der Waals surface area (Å²) in [7, 11) is 0. The van der Waals surface area contributed by atoms with Crippen LogP contribution in [0.5, 0.6) is 0 Å². The van der Waals surface area contributed by atoms with Gasteiger partial charge in [0.25, 0.3) is 0 Å². The van der Waals surface area contributed by atoms with Crippen LogP contribution in [0.15, 0.2) is 24.3 Å². The van der Waals surface area contributed by atoms with Gasteiger partial charge in [0.15, 0.2) is 0 Å². The van der Waals surface area contributed by atoms with Crippen molar-refractivity contribution < 1.29 is 4.79 Å². The summed E-state index contributed by atoms with van der Waals surface area (Å²) in [6.07, 6.45) is 10.1. The fraction of sp³-hybridized carbons (Fsp3) is 0.632. The van der Waals surface area contributed by atoms with Crippen LogP contribution >= 0.6 is 0 Å². The molecule has 2 aliphatic carbocycles. The number of hydrogen-bond donors (Lipinski definition) is 0. The highest BCUT2D eigenvalue weighted by Gasteiger charge is 2.29. The quantitative estimate of drug-likeness (QED) is 0.734. The van der Waals surface area contributed by atoms with Crippen molar-refractivity contribution in [3.8, 4) is 0 Å². The highest BCUT2D eigenvalue weighted by molar-refractivity contribution is 5.91. The van der Waals surface area contributed by atoms with E-state index in [-0.39, 0.29) is 5.92 Å². The molecule has 0 radical (unpaired) electrons. The monoisotopic (exact) mass is 270 g/mol. The summed E-state index contributed by atoms with van der Waals surface area (Å²) >= 11 is 0. The van der Waals surface area contributed by atoms with Crippen LogP contribution in [-0.4, -0.2) is 5.78 Å². The summed E-state index contributed by atoms with van der Waals surface area (Å²) in [4.78, 5) is 11.5. The van der Waals surface area contributed by atoms with E-state index in [1.165, 1.54) is 49.7 Å². The third-order valence-electron chi connectivity index (χ3n) is 5.42. The Kier molecular flexibility index (Phi) is 4.24. The number of carbonyl (C=O) groups is 1. The van der Waals surface area contributed by atoms with Gasteiger partial charge in [0, 0.05) is 12.3 Å². The van der Waals surface area contributed by atoms with Gasteiger partial charge in [0.2, 0.25) is 0 Å². The third kappa shape index (κ3) is 2.82. The molecule has 0 N–H and O–H groups in total.